The van der Waals surface area contributed by atoms with E-state index in [1.54, 1.807) is 4.90 Å². The lowest BCUT2D eigenvalue weighted by Crippen LogP contribution is -2.41. The largest absolute Gasteiger partial charge is 0.478 e. The maximum Gasteiger partial charge on any atom is 0.328 e. The zero-order valence-electron chi connectivity index (χ0n) is 9.02. The van der Waals surface area contributed by atoms with Crippen molar-refractivity contribution in [2.24, 2.45) is 0 Å². The van der Waals surface area contributed by atoms with Crippen LogP contribution in [0.15, 0.2) is 12.2 Å². The molecule has 0 radical (unpaired) electrons. The van der Waals surface area contributed by atoms with Crippen LogP contribution in [-0.2, 0) is 9.59 Å². The standard InChI is InChI=1S/C10H17NO3/c1-7(2)11(8(3)4)9(12)5-6-10(13)14/h5-8H,1-4H3,(H,13,14)/b6-5-. The molecule has 0 aliphatic carbocycles. The van der Waals surface area contributed by atoms with Crippen LogP contribution in [0.25, 0.3) is 0 Å². The highest BCUT2D eigenvalue weighted by molar-refractivity contribution is 5.94. The van der Waals surface area contributed by atoms with Crippen molar-refractivity contribution in [1.82, 2.24) is 4.90 Å². The summed E-state index contributed by atoms with van der Waals surface area (Å²) in [5.41, 5.74) is 0. The predicted molar refractivity (Wildman–Crippen MR) is 53.9 cm³/mol. The quantitative estimate of drug-likeness (QED) is 0.694. The van der Waals surface area contributed by atoms with E-state index in [9.17, 15) is 9.59 Å². The minimum Gasteiger partial charge on any atom is -0.478 e. The third-order valence-corrected chi connectivity index (χ3v) is 1.74. The van der Waals surface area contributed by atoms with Crippen LogP contribution in [0.4, 0.5) is 0 Å². The van der Waals surface area contributed by atoms with Gasteiger partial charge in [-0.3, -0.25) is 4.79 Å². The minimum absolute atomic E-state index is 0.0703. The fraction of sp³-hybridized carbons (Fsp3) is 0.600. The van der Waals surface area contributed by atoms with Crippen molar-refractivity contribution in [1.29, 1.82) is 0 Å². The van der Waals surface area contributed by atoms with Crippen LogP contribution in [0.3, 0.4) is 0 Å². The van der Waals surface area contributed by atoms with Gasteiger partial charge < -0.3 is 10.0 Å². The molecule has 80 valence electrons. The maximum absolute atomic E-state index is 11.5. The summed E-state index contributed by atoms with van der Waals surface area (Å²) in [6.07, 6.45) is 1.95. The molecule has 0 aromatic heterocycles. The van der Waals surface area contributed by atoms with Gasteiger partial charge in [0.2, 0.25) is 5.91 Å². The Labute approximate surface area is 84.2 Å². The van der Waals surface area contributed by atoms with Crippen molar-refractivity contribution >= 4 is 11.9 Å². The van der Waals surface area contributed by atoms with E-state index in [0.29, 0.717) is 0 Å². The highest BCUT2D eigenvalue weighted by Crippen LogP contribution is 2.05. The molecule has 0 bridgehead atoms. The van der Waals surface area contributed by atoms with Crippen LogP contribution in [0.5, 0.6) is 0 Å². The Balaban J connectivity index is 4.53. The van der Waals surface area contributed by atoms with Crippen LogP contribution in [0.2, 0.25) is 0 Å². The highest BCUT2D eigenvalue weighted by atomic mass is 16.4. The molecular weight excluding hydrogens is 182 g/mol. The average molecular weight is 199 g/mol. The van der Waals surface area contributed by atoms with Crippen LogP contribution in [0.1, 0.15) is 27.7 Å². The van der Waals surface area contributed by atoms with Crippen LogP contribution in [-0.4, -0.2) is 34.0 Å². The third-order valence-electron chi connectivity index (χ3n) is 1.74. The number of carboxylic acids is 1. The first-order valence-electron chi connectivity index (χ1n) is 4.59. The number of hydrogen-bond acceptors (Lipinski definition) is 2. The van der Waals surface area contributed by atoms with E-state index in [1.165, 1.54) is 0 Å². The van der Waals surface area contributed by atoms with E-state index in [0.717, 1.165) is 12.2 Å². The molecule has 0 saturated heterocycles. The van der Waals surface area contributed by atoms with Gasteiger partial charge in [0.05, 0.1) is 0 Å². The molecule has 0 spiro atoms. The highest BCUT2D eigenvalue weighted by Gasteiger charge is 2.17. The molecule has 0 atom stereocenters. The summed E-state index contributed by atoms with van der Waals surface area (Å²) in [5, 5.41) is 8.36. The van der Waals surface area contributed by atoms with Gasteiger partial charge in [-0.25, -0.2) is 4.79 Å². The Morgan fingerprint density at radius 1 is 1.07 bits per heavy atom. The van der Waals surface area contributed by atoms with Crippen molar-refractivity contribution in [2.45, 2.75) is 39.8 Å². The minimum atomic E-state index is -1.11. The van der Waals surface area contributed by atoms with Crippen molar-refractivity contribution in [3.63, 3.8) is 0 Å². The van der Waals surface area contributed by atoms with E-state index in [2.05, 4.69) is 0 Å². The van der Waals surface area contributed by atoms with Crippen molar-refractivity contribution in [3.8, 4) is 0 Å². The topological polar surface area (TPSA) is 57.6 Å². The lowest BCUT2D eigenvalue weighted by atomic mass is 10.2. The molecule has 0 unspecified atom stereocenters. The van der Waals surface area contributed by atoms with Gasteiger partial charge in [0, 0.05) is 24.2 Å². The number of aliphatic carboxylic acids is 1. The molecule has 1 N–H and O–H groups in total. The number of carbonyl (C=O) groups excluding carboxylic acids is 1. The zero-order chi connectivity index (χ0) is 11.3. The van der Waals surface area contributed by atoms with E-state index in [1.807, 2.05) is 27.7 Å². The second kappa shape index (κ2) is 5.42. The Morgan fingerprint density at radius 2 is 1.50 bits per heavy atom. The summed E-state index contributed by atoms with van der Waals surface area (Å²) < 4.78 is 0. The molecule has 0 heterocycles. The summed E-state index contributed by atoms with van der Waals surface area (Å²) in [6, 6.07) is 0.141. The van der Waals surface area contributed by atoms with E-state index >= 15 is 0 Å². The van der Waals surface area contributed by atoms with Gasteiger partial charge in [-0.2, -0.15) is 0 Å². The summed E-state index contributed by atoms with van der Waals surface area (Å²) in [7, 11) is 0. The Kier molecular flexibility index (Phi) is 4.91. The fourth-order valence-corrected chi connectivity index (χ4v) is 1.33. The lowest BCUT2D eigenvalue weighted by Gasteiger charge is -2.29. The molecule has 0 aliphatic heterocycles. The lowest BCUT2D eigenvalue weighted by molar-refractivity contribution is -0.133. The Bertz CT molecular complexity index is 236. The SMILES string of the molecule is CC(C)N(C(=O)/C=C\C(=O)O)C(C)C. The van der Waals surface area contributed by atoms with Gasteiger partial charge in [-0.1, -0.05) is 0 Å². The first-order valence-corrected chi connectivity index (χ1v) is 4.59. The normalized spacial score (nSPS) is 11.3. The summed E-state index contributed by atoms with van der Waals surface area (Å²) in [4.78, 5) is 23.3. The number of nitrogens with zero attached hydrogens (tertiary/aromatic N) is 1. The number of carbonyl (C=O) groups is 2. The van der Waals surface area contributed by atoms with Gasteiger partial charge >= 0.3 is 5.97 Å². The van der Waals surface area contributed by atoms with Gasteiger partial charge in [0.15, 0.2) is 0 Å². The molecule has 0 rings (SSSR count). The van der Waals surface area contributed by atoms with Crippen molar-refractivity contribution < 1.29 is 14.7 Å². The molecule has 4 heteroatoms. The van der Waals surface area contributed by atoms with Gasteiger partial charge in [-0.15, -0.1) is 0 Å². The second-order valence-electron chi connectivity index (χ2n) is 3.60. The average Bonchev–Trinajstić information content (AvgIpc) is 1.99. The van der Waals surface area contributed by atoms with Gasteiger partial charge in [0.1, 0.15) is 0 Å². The van der Waals surface area contributed by atoms with Crippen LogP contribution < -0.4 is 0 Å². The first-order chi connectivity index (χ1) is 6.36. The molecule has 14 heavy (non-hydrogen) atoms. The number of rotatable bonds is 4. The van der Waals surface area contributed by atoms with Gasteiger partial charge in [0.25, 0.3) is 0 Å². The molecule has 4 nitrogen and oxygen atoms in total. The second-order valence-corrected chi connectivity index (χ2v) is 3.60. The summed E-state index contributed by atoms with van der Waals surface area (Å²) in [6.45, 7) is 7.58. The van der Waals surface area contributed by atoms with E-state index in [4.69, 9.17) is 5.11 Å². The summed E-state index contributed by atoms with van der Waals surface area (Å²) in [5.74, 6) is -1.37. The first kappa shape index (κ1) is 12.7. The van der Waals surface area contributed by atoms with E-state index in [-0.39, 0.29) is 18.0 Å². The van der Waals surface area contributed by atoms with E-state index < -0.39 is 5.97 Å². The van der Waals surface area contributed by atoms with Crippen LogP contribution in [0, 0.1) is 0 Å². The Morgan fingerprint density at radius 3 is 1.79 bits per heavy atom. The maximum atomic E-state index is 11.5. The number of carboxylic acid groups (broad SMARTS) is 1. The third kappa shape index (κ3) is 4.07. The predicted octanol–water partition coefficient (Wildman–Crippen LogP) is 1.27. The molecule has 0 fully saturated rings. The molecule has 0 aliphatic rings. The van der Waals surface area contributed by atoms with Crippen molar-refractivity contribution in [2.75, 3.05) is 0 Å². The molecule has 0 aromatic carbocycles. The summed E-state index contributed by atoms with van der Waals surface area (Å²) >= 11 is 0. The Hall–Kier alpha value is -1.32. The molecule has 0 saturated carbocycles. The molecule has 1 amide bonds. The van der Waals surface area contributed by atoms with Crippen molar-refractivity contribution in [3.05, 3.63) is 12.2 Å². The number of hydrogen-bond donors (Lipinski definition) is 1. The molecule has 0 aromatic rings. The molecular formula is C10H17NO3. The zero-order valence-corrected chi connectivity index (χ0v) is 9.02. The number of amides is 1. The smallest absolute Gasteiger partial charge is 0.328 e. The monoisotopic (exact) mass is 199 g/mol. The van der Waals surface area contributed by atoms with Gasteiger partial charge in [-0.05, 0) is 27.7 Å². The van der Waals surface area contributed by atoms with Crippen LogP contribution >= 0.6 is 0 Å². The fourth-order valence-electron chi connectivity index (χ4n) is 1.33.